The summed E-state index contributed by atoms with van der Waals surface area (Å²) in [6, 6.07) is 15.0. The average molecular weight is 317 g/mol. The molecule has 0 heterocycles. The number of benzene rings is 2. The molecule has 118 valence electrons. The molecule has 0 saturated heterocycles. The molecule has 2 rings (SSSR count). The molecule has 0 amide bonds. The van der Waals surface area contributed by atoms with Crippen LogP contribution in [0.15, 0.2) is 53.4 Å². The highest BCUT2D eigenvalue weighted by Crippen LogP contribution is 2.14. The van der Waals surface area contributed by atoms with Crippen LogP contribution in [0.5, 0.6) is 0 Å². The highest BCUT2D eigenvalue weighted by molar-refractivity contribution is 7.89. The van der Waals surface area contributed by atoms with Crippen LogP contribution < -0.4 is 4.72 Å². The molecular weight excluding hydrogens is 294 g/mol. The van der Waals surface area contributed by atoms with Gasteiger partial charge >= 0.3 is 0 Å². The van der Waals surface area contributed by atoms with E-state index in [1.807, 2.05) is 43.3 Å². The highest BCUT2D eigenvalue weighted by Gasteiger charge is 2.13. The minimum atomic E-state index is -3.46. The van der Waals surface area contributed by atoms with E-state index in [4.69, 9.17) is 0 Å². The van der Waals surface area contributed by atoms with Crippen molar-refractivity contribution in [2.75, 3.05) is 0 Å². The molecule has 2 aromatic carbocycles. The highest BCUT2D eigenvalue weighted by atomic mass is 32.2. The molecule has 0 aliphatic rings. The standard InChI is InChI=1S/C18H23NO2S/c1-14(2)12-16-8-10-18(11-9-16)22(20,21)19-13-17-6-4-15(3)5-7-17/h4-11,14,19H,12-13H2,1-3H3. The Hall–Kier alpha value is -1.65. The summed E-state index contributed by atoms with van der Waals surface area (Å²) in [5, 5.41) is 0. The normalized spacial score (nSPS) is 11.8. The van der Waals surface area contributed by atoms with Gasteiger partial charge in [0, 0.05) is 6.54 Å². The zero-order valence-corrected chi connectivity index (χ0v) is 14.2. The van der Waals surface area contributed by atoms with E-state index in [1.165, 1.54) is 0 Å². The van der Waals surface area contributed by atoms with Gasteiger partial charge in [-0.1, -0.05) is 55.8 Å². The molecule has 0 aliphatic heterocycles. The van der Waals surface area contributed by atoms with E-state index in [2.05, 4.69) is 18.6 Å². The van der Waals surface area contributed by atoms with Gasteiger partial charge in [0.05, 0.1) is 4.90 Å². The molecule has 0 radical (unpaired) electrons. The third-order valence-electron chi connectivity index (χ3n) is 3.46. The number of nitrogens with one attached hydrogen (secondary N) is 1. The lowest BCUT2D eigenvalue weighted by atomic mass is 10.0. The Morgan fingerprint density at radius 1 is 0.909 bits per heavy atom. The maximum atomic E-state index is 12.3. The molecule has 0 aromatic heterocycles. The lowest BCUT2D eigenvalue weighted by Gasteiger charge is -2.09. The van der Waals surface area contributed by atoms with Crippen molar-refractivity contribution in [2.45, 2.75) is 38.6 Å². The second-order valence-electron chi connectivity index (χ2n) is 6.05. The monoisotopic (exact) mass is 317 g/mol. The molecule has 0 fully saturated rings. The zero-order chi connectivity index (χ0) is 16.2. The van der Waals surface area contributed by atoms with Gasteiger partial charge in [-0.05, 0) is 42.5 Å². The Morgan fingerprint density at radius 2 is 1.45 bits per heavy atom. The van der Waals surface area contributed by atoms with E-state index in [-0.39, 0.29) is 0 Å². The van der Waals surface area contributed by atoms with Crippen molar-refractivity contribution in [1.29, 1.82) is 0 Å². The van der Waals surface area contributed by atoms with Crippen molar-refractivity contribution in [3.63, 3.8) is 0 Å². The Balaban J connectivity index is 2.04. The molecule has 0 spiro atoms. The van der Waals surface area contributed by atoms with Gasteiger partial charge in [0.2, 0.25) is 10.0 Å². The SMILES string of the molecule is Cc1ccc(CNS(=O)(=O)c2ccc(CC(C)C)cc2)cc1. The summed E-state index contributed by atoms with van der Waals surface area (Å²) >= 11 is 0. The van der Waals surface area contributed by atoms with Crippen molar-refractivity contribution < 1.29 is 8.42 Å². The molecule has 0 aliphatic carbocycles. The van der Waals surface area contributed by atoms with E-state index in [0.29, 0.717) is 17.4 Å². The van der Waals surface area contributed by atoms with Gasteiger partial charge in [0.25, 0.3) is 0 Å². The predicted octanol–water partition coefficient (Wildman–Crippen LogP) is 3.67. The summed E-state index contributed by atoms with van der Waals surface area (Å²) in [6.45, 7) is 6.60. The van der Waals surface area contributed by atoms with Crippen LogP contribution >= 0.6 is 0 Å². The minimum Gasteiger partial charge on any atom is -0.207 e. The summed E-state index contributed by atoms with van der Waals surface area (Å²) < 4.78 is 27.2. The van der Waals surface area contributed by atoms with E-state index in [0.717, 1.165) is 23.1 Å². The van der Waals surface area contributed by atoms with Gasteiger partial charge in [0.1, 0.15) is 0 Å². The molecule has 0 unspecified atom stereocenters. The van der Waals surface area contributed by atoms with Crippen LogP contribution in [0.3, 0.4) is 0 Å². The minimum absolute atomic E-state index is 0.302. The van der Waals surface area contributed by atoms with Crippen LogP contribution in [0, 0.1) is 12.8 Å². The van der Waals surface area contributed by atoms with Crippen LogP contribution in [-0.4, -0.2) is 8.42 Å². The Morgan fingerprint density at radius 3 is 2.00 bits per heavy atom. The molecule has 22 heavy (non-hydrogen) atoms. The smallest absolute Gasteiger partial charge is 0.207 e. The molecule has 1 N–H and O–H groups in total. The first-order valence-corrected chi connectivity index (χ1v) is 8.99. The maximum absolute atomic E-state index is 12.3. The summed E-state index contributed by atoms with van der Waals surface area (Å²) in [7, 11) is -3.46. The molecule has 0 bridgehead atoms. The van der Waals surface area contributed by atoms with Gasteiger partial charge in [0.15, 0.2) is 0 Å². The topological polar surface area (TPSA) is 46.2 Å². The first kappa shape index (κ1) is 16.7. The van der Waals surface area contributed by atoms with Crippen molar-refractivity contribution in [3.8, 4) is 0 Å². The third-order valence-corrected chi connectivity index (χ3v) is 4.88. The van der Waals surface area contributed by atoms with Crippen LogP contribution in [0.4, 0.5) is 0 Å². The number of hydrogen-bond acceptors (Lipinski definition) is 2. The lowest BCUT2D eigenvalue weighted by molar-refractivity contribution is 0.581. The fourth-order valence-corrected chi connectivity index (χ4v) is 3.26. The number of rotatable bonds is 6. The van der Waals surface area contributed by atoms with Crippen LogP contribution in [0.25, 0.3) is 0 Å². The summed E-state index contributed by atoms with van der Waals surface area (Å²) in [6.07, 6.45) is 0.955. The second-order valence-corrected chi connectivity index (χ2v) is 7.82. The molecule has 2 aromatic rings. The van der Waals surface area contributed by atoms with Crippen LogP contribution in [0.2, 0.25) is 0 Å². The van der Waals surface area contributed by atoms with Gasteiger partial charge in [-0.15, -0.1) is 0 Å². The van der Waals surface area contributed by atoms with Crippen molar-refractivity contribution in [3.05, 3.63) is 65.2 Å². The molecule has 3 nitrogen and oxygen atoms in total. The molecular formula is C18H23NO2S. The fraction of sp³-hybridized carbons (Fsp3) is 0.333. The fourth-order valence-electron chi connectivity index (χ4n) is 2.24. The van der Waals surface area contributed by atoms with Crippen molar-refractivity contribution in [2.24, 2.45) is 5.92 Å². The quantitative estimate of drug-likeness (QED) is 0.883. The van der Waals surface area contributed by atoms with E-state index in [1.54, 1.807) is 12.1 Å². The lowest BCUT2D eigenvalue weighted by Crippen LogP contribution is -2.23. The van der Waals surface area contributed by atoms with Gasteiger partial charge < -0.3 is 0 Å². The molecule has 4 heteroatoms. The van der Waals surface area contributed by atoms with Gasteiger partial charge in [-0.2, -0.15) is 0 Å². The van der Waals surface area contributed by atoms with Gasteiger partial charge in [-0.3, -0.25) is 0 Å². The summed E-state index contributed by atoms with van der Waals surface area (Å²) in [5.74, 6) is 0.558. The number of sulfonamides is 1. The summed E-state index contributed by atoms with van der Waals surface area (Å²) in [4.78, 5) is 0.312. The van der Waals surface area contributed by atoms with E-state index >= 15 is 0 Å². The average Bonchev–Trinajstić information content (AvgIpc) is 2.47. The Labute approximate surface area is 133 Å². The first-order chi connectivity index (χ1) is 10.4. The second kappa shape index (κ2) is 7.07. The number of aryl methyl sites for hydroxylation is 1. The van der Waals surface area contributed by atoms with Crippen LogP contribution in [-0.2, 0) is 23.0 Å². The first-order valence-electron chi connectivity index (χ1n) is 7.51. The summed E-state index contributed by atoms with van der Waals surface area (Å²) in [5.41, 5.74) is 3.27. The zero-order valence-electron chi connectivity index (χ0n) is 13.3. The van der Waals surface area contributed by atoms with Crippen molar-refractivity contribution >= 4 is 10.0 Å². The Kier molecular flexibility index (Phi) is 5.37. The van der Waals surface area contributed by atoms with Crippen LogP contribution in [0.1, 0.15) is 30.5 Å². The third kappa shape index (κ3) is 4.68. The van der Waals surface area contributed by atoms with Crippen molar-refractivity contribution in [1.82, 2.24) is 4.72 Å². The largest absolute Gasteiger partial charge is 0.240 e. The number of hydrogen-bond donors (Lipinski definition) is 1. The molecule has 0 saturated carbocycles. The van der Waals surface area contributed by atoms with E-state index in [9.17, 15) is 8.42 Å². The Bertz CT molecular complexity index is 702. The maximum Gasteiger partial charge on any atom is 0.240 e. The predicted molar refractivity (Wildman–Crippen MR) is 90.2 cm³/mol. The molecule has 0 atom stereocenters. The van der Waals surface area contributed by atoms with E-state index < -0.39 is 10.0 Å². The van der Waals surface area contributed by atoms with Gasteiger partial charge in [-0.25, -0.2) is 13.1 Å².